The average Bonchev–Trinajstić information content (AvgIpc) is 2.81. The Morgan fingerprint density at radius 2 is 2.15 bits per heavy atom. The Labute approximate surface area is 77.3 Å². The summed E-state index contributed by atoms with van der Waals surface area (Å²) in [7, 11) is 1.57. The molecule has 0 aromatic rings. The fraction of sp³-hybridized carbons (Fsp3) is 0.750. The summed E-state index contributed by atoms with van der Waals surface area (Å²) >= 11 is 0. The molecule has 5 heteroatoms. The van der Waals surface area contributed by atoms with Crippen LogP contribution in [0.4, 0.5) is 0 Å². The second kappa shape index (κ2) is 4.23. The van der Waals surface area contributed by atoms with Crippen LogP contribution in [0.1, 0.15) is 12.8 Å². The molecule has 0 bridgehead atoms. The number of amides is 2. The molecule has 0 aromatic carbocycles. The standard InChI is InChI=1S/C8H15N3O2/c1-11(5-7(9)12)8(13)4-10-6-2-3-6/h6,10H,2-5H2,1H3,(H2,9,12). The van der Waals surface area contributed by atoms with Crippen LogP contribution in [-0.2, 0) is 9.59 Å². The van der Waals surface area contributed by atoms with Crippen molar-refractivity contribution < 1.29 is 9.59 Å². The first-order chi connectivity index (χ1) is 6.09. The number of likely N-dealkylation sites (N-methyl/N-ethyl adjacent to an activating group) is 1. The minimum atomic E-state index is -0.484. The van der Waals surface area contributed by atoms with Crippen LogP contribution in [0.5, 0.6) is 0 Å². The Bertz CT molecular complexity index is 213. The van der Waals surface area contributed by atoms with E-state index in [1.165, 1.54) is 4.90 Å². The van der Waals surface area contributed by atoms with Crippen LogP contribution in [0.25, 0.3) is 0 Å². The van der Waals surface area contributed by atoms with Gasteiger partial charge in [-0.3, -0.25) is 9.59 Å². The number of hydrogen-bond acceptors (Lipinski definition) is 3. The van der Waals surface area contributed by atoms with E-state index in [0.29, 0.717) is 12.6 Å². The van der Waals surface area contributed by atoms with Gasteiger partial charge in [0.25, 0.3) is 0 Å². The smallest absolute Gasteiger partial charge is 0.237 e. The highest BCUT2D eigenvalue weighted by Gasteiger charge is 2.22. The third-order valence-electron chi connectivity index (χ3n) is 1.94. The van der Waals surface area contributed by atoms with E-state index >= 15 is 0 Å². The van der Waals surface area contributed by atoms with Gasteiger partial charge >= 0.3 is 0 Å². The molecule has 1 rings (SSSR count). The molecular weight excluding hydrogens is 170 g/mol. The SMILES string of the molecule is CN(CC(N)=O)C(=O)CNC1CC1. The third-order valence-corrected chi connectivity index (χ3v) is 1.94. The number of rotatable bonds is 5. The van der Waals surface area contributed by atoms with E-state index in [1.807, 2.05) is 0 Å². The van der Waals surface area contributed by atoms with E-state index in [4.69, 9.17) is 5.73 Å². The molecule has 0 atom stereocenters. The quantitative estimate of drug-likeness (QED) is 0.558. The van der Waals surface area contributed by atoms with E-state index in [0.717, 1.165) is 12.8 Å². The monoisotopic (exact) mass is 185 g/mol. The number of primary amides is 1. The summed E-state index contributed by atoms with van der Waals surface area (Å²) in [4.78, 5) is 23.1. The number of carbonyl (C=O) groups is 2. The first-order valence-corrected chi connectivity index (χ1v) is 4.35. The highest BCUT2D eigenvalue weighted by Crippen LogP contribution is 2.17. The Hall–Kier alpha value is -1.10. The normalized spacial score (nSPS) is 15.5. The highest BCUT2D eigenvalue weighted by atomic mass is 16.2. The van der Waals surface area contributed by atoms with Gasteiger partial charge in [0.15, 0.2) is 0 Å². The molecule has 0 aliphatic heterocycles. The molecule has 0 saturated heterocycles. The molecule has 0 aromatic heterocycles. The van der Waals surface area contributed by atoms with Gasteiger partial charge in [-0.2, -0.15) is 0 Å². The molecule has 0 spiro atoms. The number of nitrogens with one attached hydrogen (secondary N) is 1. The molecule has 5 nitrogen and oxygen atoms in total. The van der Waals surface area contributed by atoms with Gasteiger partial charge in [0.1, 0.15) is 0 Å². The number of nitrogens with zero attached hydrogens (tertiary/aromatic N) is 1. The van der Waals surface area contributed by atoms with Crippen LogP contribution in [-0.4, -0.2) is 42.9 Å². The summed E-state index contributed by atoms with van der Waals surface area (Å²) in [5.74, 6) is -0.576. The predicted octanol–water partition coefficient (Wildman–Crippen LogP) is -1.32. The first kappa shape index (κ1) is 9.98. The van der Waals surface area contributed by atoms with E-state index in [2.05, 4.69) is 5.32 Å². The summed E-state index contributed by atoms with van der Waals surface area (Å²) in [6.07, 6.45) is 2.29. The van der Waals surface area contributed by atoms with Crippen LogP contribution in [0.15, 0.2) is 0 Å². The maximum Gasteiger partial charge on any atom is 0.237 e. The van der Waals surface area contributed by atoms with Crippen molar-refractivity contribution in [2.75, 3.05) is 20.1 Å². The molecule has 3 N–H and O–H groups in total. The maximum absolute atomic E-state index is 11.3. The summed E-state index contributed by atoms with van der Waals surface area (Å²) in [6, 6.07) is 0.505. The second-order valence-electron chi connectivity index (χ2n) is 3.37. The number of carbonyl (C=O) groups excluding carboxylic acids is 2. The Balaban J connectivity index is 2.16. The summed E-state index contributed by atoms with van der Waals surface area (Å²) in [5.41, 5.74) is 4.95. The van der Waals surface area contributed by atoms with Crippen molar-refractivity contribution in [3.05, 3.63) is 0 Å². The second-order valence-corrected chi connectivity index (χ2v) is 3.37. The fourth-order valence-electron chi connectivity index (χ4n) is 0.976. The van der Waals surface area contributed by atoms with Crippen molar-refractivity contribution in [2.24, 2.45) is 5.73 Å². The number of hydrogen-bond donors (Lipinski definition) is 2. The van der Waals surface area contributed by atoms with Crippen molar-refractivity contribution >= 4 is 11.8 Å². The van der Waals surface area contributed by atoms with Crippen molar-refractivity contribution in [1.29, 1.82) is 0 Å². The van der Waals surface area contributed by atoms with E-state index in [-0.39, 0.29) is 12.5 Å². The molecule has 13 heavy (non-hydrogen) atoms. The van der Waals surface area contributed by atoms with Gasteiger partial charge in [0.2, 0.25) is 11.8 Å². The van der Waals surface area contributed by atoms with Gasteiger partial charge in [-0.25, -0.2) is 0 Å². The third kappa shape index (κ3) is 3.89. The fourth-order valence-corrected chi connectivity index (χ4v) is 0.976. The molecular formula is C8H15N3O2. The maximum atomic E-state index is 11.3. The van der Waals surface area contributed by atoms with Gasteiger partial charge < -0.3 is 16.0 Å². The molecule has 1 aliphatic carbocycles. The molecule has 0 radical (unpaired) electrons. The molecule has 1 fully saturated rings. The molecule has 74 valence electrons. The zero-order valence-corrected chi connectivity index (χ0v) is 7.75. The number of nitrogens with two attached hydrogens (primary N) is 1. The van der Waals surface area contributed by atoms with Gasteiger partial charge in [-0.1, -0.05) is 0 Å². The lowest BCUT2D eigenvalue weighted by atomic mass is 10.4. The van der Waals surface area contributed by atoms with Crippen LogP contribution >= 0.6 is 0 Å². The van der Waals surface area contributed by atoms with E-state index < -0.39 is 5.91 Å². The minimum absolute atomic E-state index is 0.00875. The van der Waals surface area contributed by atoms with Crippen molar-refractivity contribution in [3.63, 3.8) is 0 Å². The topological polar surface area (TPSA) is 75.4 Å². The summed E-state index contributed by atoms with van der Waals surface area (Å²) < 4.78 is 0. The molecule has 1 aliphatic rings. The van der Waals surface area contributed by atoms with Crippen LogP contribution in [0.2, 0.25) is 0 Å². The van der Waals surface area contributed by atoms with Gasteiger partial charge in [0, 0.05) is 13.1 Å². The zero-order valence-electron chi connectivity index (χ0n) is 7.75. The molecule has 0 heterocycles. The predicted molar refractivity (Wildman–Crippen MR) is 47.9 cm³/mol. The zero-order chi connectivity index (χ0) is 9.84. The lowest BCUT2D eigenvalue weighted by molar-refractivity contribution is -0.133. The summed E-state index contributed by atoms with van der Waals surface area (Å²) in [5, 5.41) is 3.07. The first-order valence-electron chi connectivity index (χ1n) is 4.35. The van der Waals surface area contributed by atoms with Gasteiger partial charge in [-0.15, -0.1) is 0 Å². The Kier molecular flexibility index (Phi) is 3.25. The van der Waals surface area contributed by atoms with Crippen molar-refractivity contribution in [3.8, 4) is 0 Å². The largest absolute Gasteiger partial charge is 0.368 e. The van der Waals surface area contributed by atoms with Crippen molar-refractivity contribution in [1.82, 2.24) is 10.2 Å². The molecule has 1 saturated carbocycles. The average molecular weight is 185 g/mol. The molecule has 0 unspecified atom stereocenters. The van der Waals surface area contributed by atoms with Crippen LogP contribution in [0.3, 0.4) is 0 Å². The lowest BCUT2D eigenvalue weighted by Crippen LogP contribution is -2.40. The van der Waals surface area contributed by atoms with E-state index in [9.17, 15) is 9.59 Å². The summed E-state index contributed by atoms with van der Waals surface area (Å²) in [6.45, 7) is 0.291. The molecule has 2 amide bonds. The van der Waals surface area contributed by atoms with E-state index in [1.54, 1.807) is 7.05 Å². The highest BCUT2D eigenvalue weighted by molar-refractivity contribution is 5.84. The van der Waals surface area contributed by atoms with Gasteiger partial charge in [-0.05, 0) is 12.8 Å². The Morgan fingerprint density at radius 3 is 2.62 bits per heavy atom. The Morgan fingerprint density at radius 1 is 1.54 bits per heavy atom. The lowest BCUT2D eigenvalue weighted by Gasteiger charge is -2.14. The van der Waals surface area contributed by atoms with Crippen LogP contribution in [0, 0.1) is 0 Å². The van der Waals surface area contributed by atoms with Crippen molar-refractivity contribution in [2.45, 2.75) is 18.9 Å². The van der Waals surface area contributed by atoms with Crippen LogP contribution < -0.4 is 11.1 Å². The van der Waals surface area contributed by atoms with Gasteiger partial charge in [0.05, 0.1) is 13.1 Å². The minimum Gasteiger partial charge on any atom is -0.368 e.